The predicted octanol–water partition coefficient (Wildman–Crippen LogP) is 2.70. The average Bonchev–Trinajstić information content (AvgIpc) is 3.02. The van der Waals surface area contributed by atoms with E-state index in [4.69, 9.17) is 10.00 Å². The highest BCUT2D eigenvalue weighted by Gasteiger charge is 2.49. The zero-order valence-electron chi connectivity index (χ0n) is 8.80. The van der Waals surface area contributed by atoms with Crippen molar-refractivity contribution >= 4 is 0 Å². The minimum Gasteiger partial charge on any atom is -0.496 e. The number of halogens is 1. The summed E-state index contributed by atoms with van der Waals surface area (Å²) in [5.41, 5.74) is 0.362. The molecule has 78 valence electrons. The van der Waals surface area contributed by atoms with Crippen LogP contribution in [0.15, 0.2) is 12.1 Å². The molecule has 15 heavy (non-hydrogen) atoms. The lowest BCUT2D eigenvalue weighted by Crippen LogP contribution is -2.09. The number of methoxy groups -OCH3 is 1. The van der Waals surface area contributed by atoms with Crippen molar-refractivity contribution in [3.05, 3.63) is 29.1 Å². The summed E-state index contributed by atoms with van der Waals surface area (Å²) in [6.07, 6.45) is 1.44. The van der Waals surface area contributed by atoms with E-state index in [9.17, 15) is 4.39 Å². The monoisotopic (exact) mass is 205 g/mol. The highest BCUT2D eigenvalue weighted by Crippen LogP contribution is 2.52. The Morgan fingerprint density at radius 3 is 2.60 bits per heavy atom. The molecule has 0 aliphatic heterocycles. The summed E-state index contributed by atoms with van der Waals surface area (Å²) in [6, 6.07) is 5.59. The fourth-order valence-electron chi connectivity index (χ4n) is 1.82. The molecule has 0 radical (unpaired) electrons. The Morgan fingerprint density at radius 2 is 2.13 bits per heavy atom. The number of aryl methyl sites for hydroxylation is 1. The Kier molecular flexibility index (Phi) is 2.15. The largest absolute Gasteiger partial charge is 0.496 e. The summed E-state index contributed by atoms with van der Waals surface area (Å²) in [6.45, 7) is 1.70. The maximum atomic E-state index is 13.9. The van der Waals surface area contributed by atoms with Gasteiger partial charge in [0.15, 0.2) is 0 Å². The number of benzene rings is 1. The van der Waals surface area contributed by atoms with Gasteiger partial charge in [0.1, 0.15) is 11.6 Å². The van der Waals surface area contributed by atoms with Crippen LogP contribution in [0.1, 0.15) is 24.0 Å². The zero-order valence-corrected chi connectivity index (χ0v) is 8.80. The molecular weight excluding hydrogens is 193 g/mol. The van der Waals surface area contributed by atoms with E-state index in [1.54, 1.807) is 19.1 Å². The van der Waals surface area contributed by atoms with Gasteiger partial charge in [-0.15, -0.1) is 0 Å². The van der Waals surface area contributed by atoms with E-state index in [1.807, 2.05) is 0 Å². The third kappa shape index (κ3) is 1.37. The van der Waals surface area contributed by atoms with E-state index < -0.39 is 5.41 Å². The number of nitriles is 1. The molecule has 1 fully saturated rings. The lowest BCUT2D eigenvalue weighted by atomic mass is 9.94. The molecule has 1 aliphatic carbocycles. The molecular formula is C12H12FNO. The SMILES string of the molecule is COc1ccc(C)c(F)c1C1(C#N)CC1. The van der Waals surface area contributed by atoms with Gasteiger partial charge in [0.05, 0.1) is 24.2 Å². The average molecular weight is 205 g/mol. The Balaban J connectivity index is 2.63. The second-order valence-electron chi connectivity index (χ2n) is 3.97. The number of hydrogen-bond donors (Lipinski definition) is 0. The van der Waals surface area contributed by atoms with E-state index >= 15 is 0 Å². The third-order valence-electron chi connectivity index (χ3n) is 2.96. The fraction of sp³-hybridized carbons (Fsp3) is 0.417. The van der Waals surface area contributed by atoms with Gasteiger partial charge in [-0.1, -0.05) is 6.07 Å². The van der Waals surface area contributed by atoms with Crippen molar-refractivity contribution in [2.24, 2.45) is 0 Å². The standard InChI is InChI=1S/C12H12FNO/c1-8-3-4-9(15-2)10(11(8)13)12(7-14)5-6-12/h3-4H,5-6H2,1-2H3. The summed E-state index contributed by atoms with van der Waals surface area (Å²) < 4.78 is 19.1. The molecule has 0 atom stereocenters. The highest BCUT2D eigenvalue weighted by molar-refractivity contribution is 5.50. The molecule has 0 spiro atoms. The van der Waals surface area contributed by atoms with Crippen molar-refractivity contribution in [3.63, 3.8) is 0 Å². The number of rotatable bonds is 2. The minimum absolute atomic E-state index is 0.298. The van der Waals surface area contributed by atoms with Gasteiger partial charge in [-0.3, -0.25) is 0 Å². The van der Waals surface area contributed by atoms with E-state index in [1.165, 1.54) is 7.11 Å². The Morgan fingerprint density at radius 1 is 1.47 bits per heavy atom. The van der Waals surface area contributed by atoms with Gasteiger partial charge in [-0.2, -0.15) is 5.26 Å². The van der Waals surface area contributed by atoms with Gasteiger partial charge < -0.3 is 4.74 Å². The van der Waals surface area contributed by atoms with Crippen molar-refractivity contribution < 1.29 is 9.13 Å². The normalized spacial score (nSPS) is 16.9. The number of hydrogen-bond acceptors (Lipinski definition) is 2. The van der Waals surface area contributed by atoms with Crippen molar-refractivity contribution in [1.82, 2.24) is 0 Å². The lowest BCUT2D eigenvalue weighted by Gasteiger charge is -2.14. The number of ether oxygens (including phenoxy) is 1. The van der Waals surface area contributed by atoms with Crippen molar-refractivity contribution in [2.45, 2.75) is 25.2 Å². The second-order valence-corrected chi connectivity index (χ2v) is 3.97. The summed E-state index contributed by atoms with van der Waals surface area (Å²) in [5.74, 6) is 0.186. The molecule has 1 aliphatic rings. The molecule has 1 saturated carbocycles. The molecule has 0 amide bonds. The Bertz CT molecular complexity index is 444. The van der Waals surface area contributed by atoms with E-state index in [2.05, 4.69) is 6.07 Å². The lowest BCUT2D eigenvalue weighted by molar-refractivity contribution is 0.401. The van der Waals surface area contributed by atoms with Crippen LogP contribution in [0.5, 0.6) is 5.75 Å². The van der Waals surface area contributed by atoms with Crippen molar-refractivity contribution in [1.29, 1.82) is 5.26 Å². The van der Waals surface area contributed by atoms with Crippen LogP contribution in [0.25, 0.3) is 0 Å². The van der Waals surface area contributed by atoms with Gasteiger partial charge in [0, 0.05) is 0 Å². The second kappa shape index (κ2) is 3.23. The minimum atomic E-state index is -0.637. The van der Waals surface area contributed by atoms with Gasteiger partial charge in [-0.05, 0) is 31.4 Å². The smallest absolute Gasteiger partial charge is 0.134 e. The molecule has 0 bridgehead atoms. The maximum Gasteiger partial charge on any atom is 0.134 e. The zero-order chi connectivity index (χ0) is 11.1. The van der Waals surface area contributed by atoms with Crippen LogP contribution >= 0.6 is 0 Å². The van der Waals surface area contributed by atoms with Crippen LogP contribution in [-0.4, -0.2) is 7.11 Å². The summed E-state index contributed by atoms with van der Waals surface area (Å²) in [4.78, 5) is 0. The first-order valence-corrected chi connectivity index (χ1v) is 4.89. The van der Waals surface area contributed by atoms with Crippen LogP contribution in [0.3, 0.4) is 0 Å². The van der Waals surface area contributed by atoms with Gasteiger partial charge in [0.25, 0.3) is 0 Å². The Hall–Kier alpha value is -1.56. The van der Waals surface area contributed by atoms with Gasteiger partial charge in [-0.25, -0.2) is 4.39 Å². The Labute approximate surface area is 88.3 Å². The van der Waals surface area contributed by atoms with Crippen molar-refractivity contribution in [3.8, 4) is 11.8 Å². The molecule has 2 rings (SSSR count). The van der Waals surface area contributed by atoms with Crippen LogP contribution < -0.4 is 4.74 Å². The molecule has 0 saturated heterocycles. The summed E-state index contributed by atoms with van der Waals surface area (Å²) in [5, 5.41) is 9.07. The van der Waals surface area contributed by atoms with E-state index in [0.29, 0.717) is 16.9 Å². The van der Waals surface area contributed by atoms with Crippen LogP contribution in [-0.2, 0) is 5.41 Å². The molecule has 0 heterocycles. The molecule has 2 nitrogen and oxygen atoms in total. The first kappa shape index (κ1) is 9.97. The fourth-order valence-corrected chi connectivity index (χ4v) is 1.82. The molecule has 3 heteroatoms. The molecule has 1 aromatic carbocycles. The topological polar surface area (TPSA) is 33.0 Å². The van der Waals surface area contributed by atoms with E-state index in [-0.39, 0.29) is 5.82 Å². The van der Waals surface area contributed by atoms with Gasteiger partial charge in [0.2, 0.25) is 0 Å². The molecule has 0 N–H and O–H groups in total. The van der Waals surface area contributed by atoms with Crippen LogP contribution in [0, 0.1) is 24.1 Å². The van der Waals surface area contributed by atoms with Crippen LogP contribution in [0.2, 0.25) is 0 Å². The predicted molar refractivity (Wildman–Crippen MR) is 54.2 cm³/mol. The third-order valence-corrected chi connectivity index (χ3v) is 2.96. The molecule has 0 unspecified atom stereocenters. The quantitative estimate of drug-likeness (QED) is 0.743. The van der Waals surface area contributed by atoms with Gasteiger partial charge >= 0.3 is 0 Å². The highest BCUT2D eigenvalue weighted by atomic mass is 19.1. The van der Waals surface area contributed by atoms with E-state index in [0.717, 1.165) is 12.8 Å². The van der Waals surface area contributed by atoms with Crippen LogP contribution in [0.4, 0.5) is 4.39 Å². The number of nitrogens with zero attached hydrogens (tertiary/aromatic N) is 1. The maximum absolute atomic E-state index is 13.9. The summed E-state index contributed by atoms with van der Waals surface area (Å²) >= 11 is 0. The first-order chi connectivity index (χ1) is 7.14. The van der Waals surface area contributed by atoms with Crippen molar-refractivity contribution in [2.75, 3.05) is 7.11 Å². The molecule has 0 aromatic heterocycles. The summed E-state index contributed by atoms with van der Waals surface area (Å²) in [7, 11) is 1.50. The molecule has 1 aromatic rings. The first-order valence-electron chi connectivity index (χ1n) is 4.89.